The van der Waals surface area contributed by atoms with Gasteiger partial charge in [-0.05, 0) is 0 Å². The van der Waals surface area contributed by atoms with Crippen LogP contribution in [0.4, 0.5) is 0 Å². The van der Waals surface area contributed by atoms with Crippen LogP contribution in [0.5, 0.6) is 0 Å². The molecule has 1 unspecified atom stereocenters. The number of aromatic nitrogens is 1. The minimum Gasteiger partial charge on any atom is -0.480 e. The van der Waals surface area contributed by atoms with E-state index in [1.165, 1.54) is 0 Å². The normalized spacial score (nSPS) is 22.8. The van der Waals surface area contributed by atoms with Crippen LogP contribution < -0.4 is 5.32 Å². The molecule has 0 saturated carbocycles. The lowest BCUT2D eigenvalue weighted by molar-refractivity contribution is -0.144. The SMILES string of the molecule is O=C(O)C1CNCCN1Cc1nccs1. The maximum Gasteiger partial charge on any atom is 0.322 e. The molecule has 1 saturated heterocycles. The van der Waals surface area contributed by atoms with Crippen molar-refractivity contribution in [3.8, 4) is 0 Å². The molecule has 1 fully saturated rings. The highest BCUT2D eigenvalue weighted by molar-refractivity contribution is 7.09. The van der Waals surface area contributed by atoms with Crippen LogP contribution in [0, 0.1) is 0 Å². The standard InChI is InChI=1S/C9H13N3O2S/c13-9(14)7-5-10-1-3-12(7)6-8-11-2-4-15-8/h2,4,7,10H,1,3,5-6H2,(H,13,14). The van der Waals surface area contributed by atoms with Crippen LogP contribution in [-0.2, 0) is 11.3 Å². The van der Waals surface area contributed by atoms with Crippen molar-refractivity contribution in [1.29, 1.82) is 0 Å². The van der Waals surface area contributed by atoms with Gasteiger partial charge >= 0.3 is 5.97 Å². The van der Waals surface area contributed by atoms with Crippen molar-refractivity contribution in [2.45, 2.75) is 12.6 Å². The Kier molecular flexibility index (Phi) is 3.30. The molecular weight excluding hydrogens is 214 g/mol. The molecule has 0 spiro atoms. The monoisotopic (exact) mass is 227 g/mol. The van der Waals surface area contributed by atoms with Crippen LogP contribution in [0.15, 0.2) is 11.6 Å². The Morgan fingerprint density at radius 2 is 2.67 bits per heavy atom. The highest BCUT2D eigenvalue weighted by Gasteiger charge is 2.28. The van der Waals surface area contributed by atoms with Gasteiger partial charge in [-0.25, -0.2) is 4.98 Å². The van der Waals surface area contributed by atoms with Crippen molar-refractivity contribution >= 4 is 17.3 Å². The summed E-state index contributed by atoms with van der Waals surface area (Å²) >= 11 is 1.56. The van der Waals surface area contributed by atoms with Crippen LogP contribution in [0.1, 0.15) is 5.01 Å². The summed E-state index contributed by atoms with van der Waals surface area (Å²) in [6.07, 6.45) is 1.75. The number of carbonyl (C=O) groups is 1. The topological polar surface area (TPSA) is 65.5 Å². The van der Waals surface area contributed by atoms with Gasteiger partial charge in [0.1, 0.15) is 11.0 Å². The molecular formula is C9H13N3O2S. The quantitative estimate of drug-likeness (QED) is 0.761. The average Bonchev–Trinajstić information content (AvgIpc) is 2.71. The number of hydrogen-bond acceptors (Lipinski definition) is 5. The Balaban J connectivity index is 2.02. The van der Waals surface area contributed by atoms with E-state index >= 15 is 0 Å². The third-order valence-electron chi connectivity index (χ3n) is 2.46. The third-order valence-corrected chi connectivity index (χ3v) is 3.23. The molecule has 5 nitrogen and oxygen atoms in total. The van der Waals surface area contributed by atoms with Crippen molar-refractivity contribution in [2.24, 2.45) is 0 Å². The van der Waals surface area contributed by atoms with Crippen LogP contribution in [0.25, 0.3) is 0 Å². The van der Waals surface area contributed by atoms with Gasteiger partial charge < -0.3 is 10.4 Å². The summed E-state index contributed by atoms with van der Waals surface area (Å²) in [5, 5.41) is 15.0. The Morgan fingerprint density at radius 1 is 1.80 bits per heavy atom. The zero-order chi connectivity index (χ0) is 10.7. The molecule has 1 atom stereocenters. The van der Waals surface area contributed by atoms with Gasteiger partial charge in [0.25, 0.3) is 0 Å². The van der Waals surface area contributed by atoms with Gasteiger partial charge in [0, 0.05) is 31.2 Å². The molecule has 2 N–H and O–H groups in total. The van der Waals surface area contributed by atoms with Crippen molar-refractivity contribution in [2.75, 3.05) is 19.6 Å². The number of nitrogens with zero attached hydrogens (tertiary/aromatic N) is 2. The fourth-order valence-electron chi connectivity index (χ4n) is 1.68. The van der Waals surface area contributed by atoms with Gasteiger partial charge in [-0.15, -0.1) is 11.3 Å². The largest absolute Gasteiger partial charge is 0.480 e. The summed E-state index contributed by atoms with van der Waals surface area (Å²) in [5.41, 5.74) is 0. The minimum atomic E-state index is -0.765. The number of hydrogen-bond donors (Lipinski definition) is 2. The Morgan fingerprint density at radius 3 is 3.33 bits per heavy atom. The lowest BCUT2D eigenvalue weighted by Crippen LogP contribution is -2.54. The highest BCUT2D eigenvalue weighted by atomic mass is 32.1. The molecule has 15 heavy (non-hydrogen) atoms. The molecule has 0 bridgehead atoms. The number of rotatable bonds is 3. The fourth-order valence-corrected chi connectivity index (χ4v) is 2.32. The van der Waals surface area contributed by atoms with Gasteiger partial charge in [0.05, 0.1) is 6.54 Å². The van der Waals surface area contributed by atoms with Crippen LogP contribution in [0.2, 0.25) is 0 Å². The summed E-state index contributed by atoms with van der Waals surface area (Å²) in [6.45, 7) is 2.75. The molecule has 2 heterocycles. The summed E-state index contributed by atoms with van der Waals surface area (Å²) in [6, 6.07) is -0.428. The molecule has 0 aliphatic carbocycles. The zero-order valence-corrected chi connectivity index (χ0v) is 9.04. The van der Waals surface area contributed by atoms with Crippen LogP contribution >= 0.6 is 11.3 Å². The van der Waals surface area contributed by atoms with Crippen LogP contribution in [-0.4, -0.2) is 46.6 Å². The highest BCUT2D eigenvalue weighted by Crippen LogP contribution is 2.12. The summed E-state index contributed by atoms with van der Waals surface area (Å²) in [7, 11) is 0. The maximum atomic E-state index is 11.0. The van der Waals surface area contributed by atoms with E-state index in [1.807, 2.05) is 10.3 Å². The van der Waals surface area contributed by atoms with E-state index in [2.05, 4.69) is 10.3 Å². The van der Waals surface area contributed by atoms with Crippen molar-refractivity contribution < 1.29 is 9.90 Å². The number of aliphatic carboxylic acids is 1. The minimum absolute atomic E-state index is 0.428. The van der Waals surface area contributed by atoms with E-state index in [0.29, 0.717) is 13.1 Å². The first-order chi connectivity index (χ1) is 7.27. The Hall–Kier alpha value is -0.980. The number of piperazine rings is 1. The van der Waals surface area contributed by atoms with E-state index < -0.39 is 12.0 Å². The molecule has 6 heteroatoms. The Bertz CT molecular complexity index is 328. The predicted molar refractivity (Wildman–Crippen MR) is 56.8 cm³/mol. The van der Waals surface area contributed by atoms with E-state index in [1.54, 1.807) is 17.5 Å². The van der Waals surface area contributed by atoms with E-state index in [9.17, 15) is 4.79 Å². The second-order valence-corrected chi connectivity index (χ2v) is 4.43. The first-order valence-corrected chi connectivity index (χ1v) is 5.71. The van der Waals surface area contributed by atoms with E-state index in [4.69, 9.17) is 5.11 Å². The summed E-state index contributed by atoms with van der Waals surface area (Å²) < 4.78 is 0. The second-order valence-electron chi connectivity index (χ2n) is 3.45. The van der Waals surface area contributed by atoms with Gasteiger partial charge in [0.15, 0.2) is 0 Å². The van der Waals surface area contributed by atoms with Crippen LogP contribution in [0.3, 0.4) is 0 Å². The van der Waals surface area contributed by atoms with Gasteiger partial charge in [-0.2, -0.15) is 0 Å². The molecule has 82 valence electrons. The number of thiazole rings is 1. The zero-order valence-electron chi connectivity index (χ0n) is 8.22. The molecule has 2 rings (SSSR count). The maximum absolute atomic E-state index is 11.0. The fraction of sp³-hybridized carbons (Fsp3) is 0.556. The summed E-state index contributed by atoms with van der Waals surface area (Å²) in [5.74, 6) is -0.765. The molecule has 1 aromatic heterocycles. The van der Waals surface area contributed by atoms with Crippen molar-refractivity contribution in [1.82, 2.24) is 15.2 Å². The second kappa shape index (κ2) is 4.69. The van der Waals surface area contributed by atoms with Gasteiger partial charge in [-0.3, -0.25) is 9.69 Å². The van der Waals surface area contributed by atoms with E-state index in [0.717, 1.165) is 18.1 Å². The Labute approximate surface area is 91.7 Å². The first-order valence-electron chi connectivity index (χ1n) is 4.83. The smallest absolute Gasteiger partial charge is 0.322 e. The van der Waals surface area contributed by atoms with E-state index in [-0.39, 0.29) is 0 Å². The number of carboxylic acids is 1. The summed E-state index contributed by atoms with van der Waals surface area (Å²) in [4.78, 5) is 17.1. The first kappa shape index (κ1) is 10.5. The molecule has 0 amide bonds. The molecule has 1 aliphatic rings. The molecule has 1 aliphatic heterocycles. The molecule has 0 aromatic carbocycles. The predicted octanol–water partition coefficient (Wildman–Crippen LogP) is 0.00150. The van der Waals surface area contributed by atoms with Gasteiger partial charge in [-0.1, -0.05) is 0 Å². The van der Waals surface area contributed by atoms with Crippen molar-refractivity contribution in [3.63, 3.8) is 0 Å². The third kappa shape index (κ3) is 2.53. The van der Waals surface area contributed by atoms with Gasteiger partial charge in [0.2, 0.25) is 0 Å². The molecule has 1 aromatic rings. The number of carboxylic acid groups (broad SMARTS) is 1. The van der Waals surface area contributed by atoms with Crippen molar-refractivity contribution in [3.05, 3.63) is 16.6 Å². The average molecular weight is 227 g/mol. The lowest BCUT2D eigenvalue weighted by atomic mass is 10.2. The lowest BCUT2D eigenvalue weighted by Gasteiger charge is -2.32. The number of nitrogens with one attached hydrogen (secondary N) is 1. The molecule has 0 radical (unpaired) electrons.